The lowest BCUT2D eigenvalue weighted by atomic mass is 10.1. The van der Waals surface area contributed by atoms with E-state index in [1.54, 1.807) is 6.33 Å². The molecular weight excluding hydrogens is 334 g/mol. The summed E-state index contributed by atoms with van der Waals surface area (Å²) in [7, 11) is 2.11. The summed E-state index contributed by atoms with van der Waals surface area (Å²) >= 11 is 1.46. The van der Waals surface area contributed by atoms with Gasteiger partial charge in [-0.05, 0) is 38.1 Å². The molecule has 0 bridgehead atoms. The topological polar surface area (TPSA) is 54.3 Å². The summed E-state index contributed by atoms with van der Waals surface area (Å²) in [5, 5.41) is 9.03. The van der Waals surface area contributed by atoms with Crippen LogP contribution in [0.25, 0.3) is 5.69 Å². The van der Waals surface area contributed by atoms with Crippen LogP contribution in [0.2, 0.25) is 0 Å². The summed E-state index contributed by atoms with van der Waals surface area (Å²) in [6.45, 7) is 5.78. The van der Waals surface area contributed by atoms with Crippen molar-refractivity contribution in [1.29, 1.82) is 0 Å². The van der Waals surface area contributed by atoms with Crippen LogP contribution in [0.5, 0.6) is 0 Å². The normalized spacial score (nSPS) is 16.0. The first-order valence-corrected chi connectivity index (χ1v) is 9.75. The van der Waals surface area contributed by atoms with Crippen LogP contribution in [0.4, 0.5) is 0 Å². The van der Waals surface area contributed by atoms with Crippen LogP contribution in [0.3, 0.4) is 0 Å². The van der Waals surface area contributed by atoms with Gasteiger partial charge in [0.15, 0.2) is 5.16 Å². The quantitative estimate of drug-likeness (QED) is 0.765. The van der Waals surface area contributed by atoms with E-state index in [1.165, 1.54) is 17.3 Å². The van der Waals surface area contributed by atoms with Crippen molar-refractivity contribution < 1.29 is 4.79 Å². The van der Waals surface area contributed by atoms with Gasteiger partial charge in [-0.1, -0.05) is 36.9 Å². The summed E-state index contributed by atoms with van der Waals surface area (Å²) in [4.78, 5) is 16.8. The third-order valence-corrected chi connectivity index (χ3v) is 5.47. The largest absolute Gasteiger partial charge is 0.341 e. The molecule has 3 rings (SSSR count). The lowest BCUT2D eigenvalue weighted by molar-refractivity contribution is -0.128. The van der Waals surface area contributed by atoms with Crippen molar-refractivity contribution in [1.82, 2.24) is 24.6 Å². The summed E-state index contributed by atoms with van der Waals surface area (Å²) < 4.78 is 1.98. The van der Waals surface area contributed by atoms with Gasteiger partial charge in [0.05, 0.1) is 11.4 Å². The molecule has 0 spiro atoms. The van der Waals surface area contributed by atoms with Gasteiger partial charge in [0.25, 0.3) is 0 Å². The second kappa shape index (κ2) is 8.49. The molecule has 0 N–H and O–H groups in total. The monoisotopic (exact) mass is 359 g/mol. The Morgan fingerprint density at radius 1 is 1.20 bits per heavy atom. The zero-order valence-corrected chi connectivity index (χ0v) is 15.7. The van der Waals surface area contributed by atoms with Crippen molar-refractivity contribution in [2.75, 3.05) is 39.0 Å². The minimum Gasteiger partial charge on any atom is -0.341 e. The van der Waals surface area contributed by atoms with Gasteiger partial charge in [0, 0.05) is 19.6 Å². The number of benzene rings is 1. The number of carbonyl (C=O) groups is 1. The van der Waals surface area contributed by atoms with Crippen molar-refractivity contribution in [3.8, 4) is 5.69 Å². The zero-order chi connectivity index (χ0) is 17.6. The second-order valence-corrected chi connectivity index (χ2v) is 7.23. The van der Waals surface area contributed by atoms with Gasteiger partial charge in [-0.2, -0.15) is 0 Å². The standard InChI is InChI=1S/C18H25N5OS/c1-3-15-7-4-5-8-16(15)23-14-19-20-18(23)25-13-17(24)22-10-6-9-21(2)11-12-22/h4-5,7-8,14H,3,6,9-13H2,1-2H3. The van der Waals surface area contributed by atoms with E-state index in [-0.39, 0.29) is 5.91 Å². The number of amides is 1. The predicted octanol–water partition coefficient (Wildman–Crippen LogP) is 2.09. The van der Waals surface area contributed by atoms with Crippen molar-refractivity contribution >= 4 is 17.7 Å². The maximum Gasteiger partial charge on any atom is 0.233 e. The van der Waals surface area contributed by atoms with E-state index in [2.05, 4.69) is 41.2 Å². The number of likely N-dealkylation sites (N-methyl/N-ethyl adjacent to an activating group) is 1. The molecule has 0 atom stereocenters. The second-order valence-electron chi connectivity index (χ2n) is 6.29. The molecule has 0 unspecified atom stereocenters. The molecule has 1 aromatic carbocycles. The molecule has 25 heavy (non-hydrogen) atoms. The van der Waals surface area contributed by atoms with E-state index in [4.69, 9.17) is 0 Å². The van der Waals surface area contributed by atoms with Crippen LogP contribution in [-0.2, 0) is 11.2 Å². The van der Waals surface area contributed by atoms with Gasteiger partial charge in [-0.25, -0.2) is 0 Å². The van der Waals surface area contributed by atoms with E-state index >= 15 is 0 Å². The van der Waals surface area contributed by atoms with Crippen LogP contribution >= 0.6 is 11.8 Å². The summed E-state index contributed by atoms with van der Waals surface area (Å²) in [6.07, 6.45) is 3.70. The molecule has 1 fully saturated rings. The Balaban J connectivity index is 1.66. The zero-order valence-electron chi connectivity index (χ0n) is 14.9. The molecule has 2 aromatic rings. The van der Waals surface area contributed by atoms with Crippen molar-refractivity contribution in [3.05, 3.63) is 36.2 Å². The van der Waals surface area contributed by atoms with Crippen LogP contribution in [0, 0.1) is 0 Å². The average molecular weight is 359 g/mol. The Morgan fingerprint density at radius 2 is 2.04 bits per heavy atom. The van der Waals surface area contributed by atoms with E-state index in [9.17, 15) is 4.79 Å². The Bertz CT molecular complexity index is 717. The molecular formula is C18H25N5OS. The van der Waals surface area contributed by atoms with Gasteiger partial charge < -0.3 is 9.80 Å². The molecule has 7 heteroatoms. The van der Waals surface area contributed by atoms with Gasteiger partial charge in [0.2, 0.25) is 5.91 Å². The maximum absolute atomic E-state index is 12.6. The first-order chi connectivity index (χ1) is 12.2. The number of aryl methyl sites for hydroxylation is 1. The molecule has 1 aliphatic heterocycles. The summed E-state index contributed by atoms with van der Waals surface area (Å²) in [5.41, 5.74) is 2.33. The fraction of sp³-hybridized carbons (Fsp3) is 0.500. The number of carbonyl (C=O) groups excluding carboxylic acids is 1. The minimum absolute atomic E-state index is 0.179. The molecule has 2 heterocycles. The first kappa shape index (κ1) is 17.9. The first-order valence-electron chi connectivity index (χ1n) is 8.76. The van der Waals surface area contributed by atoms with Crippen molar-refractivity contribution in [2.45, 2.75) is 24.9 Å². The van der Waals surface area contributed by atoms with E-state index in [0.717, 1.165) is 49.9 Å². The number of rotatable bonds is 5. The number of thioether (sulfide) groups is 1. The van der Waals surface area contributed by atoms with Gasteiger partial charge in [0.1, 0.15) is 6.33 Å². The molecule has 6 nitrogen and oxygen atoms in total. The summed E-state index contributed by atoms with van der Waals surface area (Å²) in [5.74, 6) is 0.579. The third kappa shape index (κ3) is 4.41. The smallest absolute Gasteiger partial charge is 0.233 e. The van der Waals surface area contributed by atoms with Gasteiger partial charge in [-0.15, -0.1) is 10.2 Å². The average Bonchev–Trinajstić information content (AvgIpc) is 2.99. The number of hydrogen-bond acceptors (Lipinski definition) is 5. The highest BCUT2D eigenvalue weighted by atomic mass is 32.2. The van der Waals surface area contributed by atoms with E-state index < -0.39 is 0 Å². The number of hydrogen-bond donors (Lipinski definition) is 0. The Kier molecular flexibility index (Phi) is 6.09. The maximum atomic E-state index is 12.6. The SMILES string of the molecule is CCc1ccccc1-n1cnnc1SCC(=O)N1CCCN(C)CC1. The molecule has 1 amide bonds. The molecule has 134 valence electrons. The van der Waals surface area contributed by atoms with Gasteiger partial charge >= 0.3 is 0 Å². The molecule has 0 aliphatic carbocycles. The molecule has 1 saturated heterocycles. The molecule has 0 saturated carbocycles. The molecule has 1 aliphatic rings. The Hall–Kier alpha value is -1.86. The number of aromatic nitrogens is 3. The van der Waals surface area contributed by atoms with Crippen LogP contribution in [0.1, 0.15) is 18.9 Å². The lowest BCUT2D eigenvalue weighted by Gasteiger charge is -2.20. The number of nitrogens with zero attached hydrogens (tertiary/aromatic N) is 5. The highest BCUT2D eigenvalue weighted by Crippen LogP contribution is 2.23. The Morgan fingerprint density at radius 3 is 2.88 bits per heavy atom. The third-order valence-electron chi connectivity index (χ3n) is 4.55. The molecule has 0 radical (unpaired) electrons. The van der Waals surface area contributed by atoms with E-state index in [0.29, 0.717) is 5.75 Å². The predicted molar refractivity (Wildman–Crippen MR) is 100 cm³/mol. The van der Waals surface area contributed by atoms with Crippen LogP contribution in [-0.4, -0.2) is 69.5 Å². The van der Waals surface area contributed by atoms with Crippen LogP contribution in [0.15, 0.2) is 35.7 Å². The van der Waals surface area contributed by atoms with Gasteiger partial charge in [-0.3, -0.25) is 9.36 Å². The van der Waals surface area contributed by atoms with Crippen LogP contribution < -0.4 is 0 Å². The highest BCUT2D eigenvalue weighted by Gasteiger charge is 2.19. The summed E-state index contributed by atoms with van der Waals surface area (Å²) in [6, 6.07) is 8.24. The highest BCUT2D eigenvalue weighted by molar-refractivity contribution is 7.99. The fourth-order valence-corrected chi connectivity index (χ4v) is 3.87. The van der Waals surface area contributed by atoms with Crippen molar-refractivity contribution in [3.63, 3.8) is 0 Å². The molecule has 1 aromatic heterocycles. The Labute approximate surface area is 153 Å². The lowest BCUT2D eigenvalue weighted by Crippen LogP contribution is -2.35. The van der Waals surface area contributed by atoms with E-state index in [1.807, 2.05) is 21.6 Å². The fourth-order valence-electron chi connectivity index (χ4n) is 3.05. The van der Waals surface area contributed by atoms with Crippen molar-refractivity contribution in [2.24, 2.45) is 0 Å². The number of para-hydroxylation sites is 1. The minimum atomic E-state index is 0.179.